The molecule has 1 aliphatic heterocycles. The van der Waals surface area contributed by atoms with Crippen molar-refractivity contribution < 1.29 is 14.6 Å². The van der Waals surface area contributed by atoms with Gasteiger partial charge in [-0.1, -0.05) is 11.3 Å². The second-order valence-corrected chi connectivity index (χ2v) is 6.81. The predicted molar refractivity (Wildman–Crippen MR) is 92.2 cm³/mol. The lowest BCUT2D eigenvalue weighted by atomic mass is 10.0. The van der Waals surface area contributed by atoms with E-state index < -0.39 is 5.60 Å². The molecule has 0 bridgehead atoms. The molecule has 1 aromatic carbocycles. The first-order valence-electron chi connectivity index (χ1n) is 8.49. The summed E-state index contributed by atoms with van der Waals surface area (Å²) in [5.74, 6) is 0.785. The molecule has 0 aliphatic carbocycles. The summed E-state index contributed by atoms with van der Waals surface area (Å²) in [4.78, 5) is 14.1. The fraction of sp³-hybridized carbons (Fsp3) is 0.500. The minimum absolute atomic E-state index is 0.00103. The summed E-state index contributed by atoms with van der Waals surface area (Å²) in [6.45, 7) is 5.58. The Morgan fingerprint density at radius 3 is 2.76 bits per heavy atom. The molecule has 1 saturated heterocycles. The topological polar surface area (TPSA) is 80.5 Å². The number of amides is 1. The summed E-state index contributed by atoms with van der Waals surface area (Å²) in [6, 6.07) is 6.01. The zero-order valence-electron chi connectivity index (χ0n) is 14.7. The van der Waals surface area contributed by atoms with E-state index >= 15 is 0 Å². The molecule has 134 valence electrons. The van der Waals surface area contributed by atoms with E-state index in [4.69, 9.17) is 4.74 Å². The highest BCUT2D eigenvalue weighted by Gasteiger charge is 2.38. The SMILES string of the molecule is Cc1cc(C)cc(OCCC(=O)N2CCC(O)(Cn3ccnn3)C2)c1. The summed E-state index contributed by atoms with van der Waals surface area (Å²) < 4.78 is 7.30. The molecule has 0 saturated carbocycles. The van der Waals surface area contributed by atoms with E-state index in [0.717, 1.165) is 16.9 Å². The van der Waals surface area contributed by atoms with Crippen LogP contribution in [0.1, 0.15) is 24.0 Å². The Morgan fingerprint density at radius 2 is 2.08 bits per heavy atom. The summed E-state index contributed by atoms with van der Waals surface area (Å²) in [5.41, 5.74) is 1.33. The number of hydrogen-bond acceptors (Lipinski definition) is 5. The number of rotatable bonds is 6. The van der Waals surface area contributed by atoms with Gasteiger partial charge in [0.25, 0.3) is 0 Å². The van der Waals surface area contributed by atoms with Gasteiger partial charge < -0.3 is 14.7 Å². The van der Waals surface area contributed by atoms with Gasteiger partial charge in [-0.3, -0.25) is 4.79 Å². The van der Waals surface area contributed by atoms with Gasteiger partial charge in [0, 0.05) is 12.7 Å². The lowest BCUT2D eigenvalue weighted by Crippen LogP contribution is -2.39. The molecule has 2 aromatic rings. The molecule has 3 rings (SSSR count). The Hall–Kier alpha value is -2.41. The monoisotopic (exact) mass is 344 g/mol. The maximum Gasteiger partial charge on any atom is 0.226 e. The van der Waals surface area contributed by atoms with Crippen LogP contribution < -0.4 is 4.74 Å². The first-order chi connectivity index (χ1) is 11.9. The van der Waals surface area contributed by atoms with E-state index in [1.807, 2.05) is 26.0 Å². The van der Waals surface area contributed by atoms with Crippen molar-refractivity contribution >= 4 is 5.91 Å². The lowest BCUT2D eigenvalue weighted by Gasteiger charge is -2.23. The standard InChI is InChI=1S/C18H24N4O3/c1-14-9-15(2)11-16(10-14)25-8-3-17(23)21-6-4-18(24,12-21)13-22-7-5-19-20-22/h5,7,9-11,24H,3-4,6,8,12-13H2,1-2H3. The molecule has 7 heteroatoms. The average molecular weight is 344 g/mol. The van der Waals surface area contributed by atoms with Crippen molar-refractivity contribution in [2.75, 3.05) is 19.7 Å². The maximum absolute atomic E-state index is 12.4. The van der Waals surface area contributed by atoms with E-state index in [1.54, 1.807) is 22.0 Å². The van der Waals surface area contributed by atoms with Gasteiger partial charge in [0.15, 0.2) is 0 Å². The Labute approximate surface area is 147 Å². The summed E-state index contributed by atoms with van der Waals surface area (Å²) in [6.07, 6.45) is 4.12. The fourth-order valence-electron chi connectivity index (χ4n) is 3.25. The van der Waals surface area contributed by atoms with E-state index in [2.05, 4.69) is 16.4 Å². The van der Waals surface area contributed by atoms with Gasteiger partial charge in [-0.05, 0) is 43.5 Å². The quantitative estimate of drug-likeness (QED) is 0.855. The number of β-amino-alcohol motifs (C(OH)–C–C–N with tert-alkyl or cyclic N) is 1. The van der Waals surface area contributed by atoms with E-state index in [9.17, 15) is 9.90 Å². The predicted octanol–water partition coefficient (Wildman–Crippen LogP) is 1.33. The molecule has 2 heterocycles. The van der Waals surface area contributed by atoms with Gasteiger partial charge in [-0.25, -0.2) is 4.68 Å². The van der Waals surface area contributed by atoms with Gasteiger partial charge in [0.05, 0.1) is 32.3 Å². The van der Waals surface area contributed by atoms with Crippen LogP contribution in [0, 0.1) is 13.8 Å². The molecule has 1 N–H and O–H groups in total. The van der Waals surface area contributed by atoms with E-state index in [-0.39, 0.29) is 5.91 Å². The number of carbonyl (C=O) groups excluding carboxylic acids is 1. The highest BCUT2D eigenvalue weighted by Crippen LogP contribution is 2.23. The number of carbonyl (C=O) groups is 1. The second-order valence-electron chi connectivity index (χ2n) is 6.81. The van der Waals surface area contributed by atoms with Gasteiger partial charge in [-0.2, -0.15) is 0 Å². The average Bonchev–Trinajstić information content (AvgIpc) is 3.16. The molecule has 25 heavy (non-hydrogen) atoms. The van der Waals surface area contributed by atoms with Crippen LogP contribution in [0.3, 0.4) is 0 Å². The van der Waals surface area contributed by atoms with Crippen LogP contribution in [0.4, 0.5) is 0 Å². The third-order valence-electron chi connectivity index (χ3n) is 4.39. The summed E-state index contributed by atoms with van der Waals surface area (Å²) >= 11 is 0. The van der Waals surface area contributed by atoms with Crippen LogP contribution in [0.2, 0.25) is 0 Å². The fourth-order valence-corrected chi connectivity index (χ4v) is 3.25. The lowest BCUT2D eigenvalue weighted by molar-refractivity contribution is -0.131. The summed E-state index contributed by atoms with van der Waals surface area (Å²) in [5, 5.41) is 18.2. The zero-order valence-corrected chi connectivity index (χ0v) is 14.7. The number of hydrogen-bond donors (Lipinski definition) is 1. The van der Waals surface area contributed by atoms with Crippen molar-refractivity contribution in [3.8, 4) is 5.75 Å². The van der Waals surface area contributed by atoms with Gasteiger partial charge in [0.1, 0.15) is 11.4 Å². The first-order valence-corrected chi connectivity index (χ1v) is 8.49. The molecule has 7 nitrogen and oxygen atoms in total. The molecule has 0 radical (unpaired) electrons. The van der Waals surface area contributed by atoms with Crippen LogP contribution in [-0.2, 0) is 11.3 Å². The molecule has 1 fully saturated rings. The molecule has 1 atom stereocenters. The molecule has 1 aliphatic rings. The number of ether oxygens (including phenoxy) is 1. The van der Waals surface area contributed by atoms with Crippen LogP contribution >= 0.6 is 0 Å². The minimum Gasteiger partial charge on any atom is -0.493 e. The third-order valence-corrected chi connectivity index (χ3v) is 4.39. The Bertz CT molecular complexity index is 712. The van der Waals surface area contributed by atoms with Crippen molar-refractivity contribution in [1.82, 2.24) is 19.9 Å². The second kappa shape index (κ2) is 7.23. The molecular formula is C18H24N4O3. The van der Waals surface area contributed by atoms with Crippen molar-refractivity contribution in [3.05, 3.63) is 41.7 Å². The molecular weight excluding hydrogens is 320 g/mol. The van der Waals surface area contributed by atoms with Crippen LogP contribution in [0.5, 0.6) is 5.75 Å². The highest BCUT2D eigenvalue weighted by molar-refractivity contribution is 5.76. The van der Waals surface area contributed by atoms with Crippen LogP contribution in [0.25, 0.3) is 0 Å². The van der Waals surface area contributed by atoms with Gasteiger partial charge in [0.2, 0.25) is 5.91 Å². The van der Waals surface area contributed by atoms with Crippen LogP contribution in [-0.4, -0.2) is 56.2 Å². The van der Waals surface area contributed by atoms with Gasteiger partial charge in [-0.15, -0.1) is 5.10 Å². The summed E-state index contributed by atoms with van der Waals surface area (Å²) in [7, 11) is 0. The number of benzene rings is 1. The van der Waals surface area contributed by atoms with Crippen molar-refractivity contribution in [1.29, 1.82) is 0 Å². The Morgan fingerprint density at radius 1 is 1.32 bits per heavy atom. The zero-order chi connectivity index (χ0) is 17.9. The minimum atomic E-state index is -0.947. The molecule has 0 spiro atoms. The smallest absolute Gasteiger partial charge is 0.226 e. The number of aryl methyl sites for hydroxylation is 2. The van der Waals surface area contributed by atoms with Crippen LogP contribution in [0.15, 0.2) is 30.6 Å². The normalized spacial score (nSPS) is 20.0. The van der Waals surface area contributed by atoms with Gasteiger partial charge >= 0.3 is 0 Å². The largest absolute Gasteiger partial charge is 0.493 e. The number of aliphatic hydroxyl groups is 1. The number of likely N-dealkylation sites (tertiary alicyclic amines) is 1. The molecule has 1 amide bonds. The van der Waals surface area contributed by atoms with Crippen molar-refractivity contribution in [3.63, 3.8) is 0 Å². The number of nitrogens with zero attached hydrogens (tertiary/aromatic N) is 4. The molecule has 1 aromatic heterocycles. The number of aromatic nitrogens is 3. The Kier molecular flexibility index (Phi) is 5.03. The Balaban J connectivity index is 1.47. The van der Waals surface area contributed by atoms with Crippen molar-refractivity contribution in [2.45, 2.75) is 38.8 Å². The first kappa shape index (κ1) is 17.4. The van der Waals surface area contributed by atoms with Crippen molar-refractivity contribution in [2.24, 2.45) is 0 Å². The maximum atomic E-state index is 12.4. The van der Waals surface area contributed by atoms with E-state index in [0.29, 0.717) is 39.1 Å². The molecule has 1 unspecified atom stereocenters. The highest BCUT2D eigenvalue weighted by atomic mass is 16.5. The third kappa shape index (κ3) is 4.57. The van der Waals surface area contributed by atoms with E-state index in [1.165, 1.54) is 0 Å².